The molecular formula is C21H23NO4. The number of aryl methyl sites for hydroxylation is 1. The molecule has 5 nitrogen and oxygen atoms in total. The van der Waals surface area contributed by atoms with Crippen LogP contribution in [-0.2, 0) is 11.2 Å². The summed E-state index contributed by atoms with van der Waals surface area (Å²) >= 11 is 0. The van der Waals surface area contributed by atoms with E-state index in [1.54, 1.807) is 7.11 Å². The molecule has 2 aromatic rings. The van der Waals surface area contributed by atoms with Gasteiger partial charge in [-0.15, -0.1) is 0 Å². The molecule has 2 aliphatic rings. The van der Waals surface area contributed by atoms with E-state index >= 15 is 0 Å². The molecule has 2 aliphatic heterocycles. The number of aliphatic hydroxyl groups is 1. The SMILES string of the molecule is COc1ccc(CC2OC(=O)c3cc(N4CC[C@@H](O)C4)ccc32)c(C)c1. The molecule has 5 heteroatoms. The summed E-state index contributed by atoms with van der Waals surface area (Å²) in [4.78, 5) is 14.5. The van der Waals surface area contributed by atoms with Crippen LogP contribution in [-0.4, -0.2) is 37.4 Å². The summed E-state index contributed by atoms with van der Waals surface area (Å²) in [5.41, 5.74) is 4.81. The Labute approximate surface area is 153 Å². The third-order valence-electron chi connectivity index (χ3n) is 5.34. The molecule has 1 saturated heterocycles. The van der Waals surface area contributed by atoms with Crippen LogP contribution < -0.4 is 9.64 Å². The second-order valence-corrected chi connectivity index (χ2v) is 7.05. The van der Waals surface area contributed by atoms with Gasteiger partial charge in [-0.05, 0) is 48.7 Å². The van der Waals surface area contributed by atoms with E-state index in [0.717, 1.165) is 41.1 Å². The number of ether oxygens (including phenoxy) is 2. The second kappa shape index (κ2) is 6.65. The average Bonchev–Trinajstić information content (AvgIpc) is 3.20. The van der Waals surface area contributed by atoms with Crippen molar-refractivity contribution in [1.82, 2.24) is 0 Å². The molecule has 1 N–H and O–H groups in total. The lowest BCUT2D eigenvalue weighted by atomic mass is 9.96. The van der Waals surface area contributed by atoms with Crippen LogP contribution in [0.4, 0.5) is 5.69 Å². The Bertz CT molecular complexity index is 848. The first-order valence-corrected chi connectivity index (χ1v) is 8.96. The predicted molar refractivity (Wildman–Crippen MR) is 98.9 cm³/mol. The summed E-state index contributed by atoms with van der Waals surface area (Å²) in [5.74, 6) is 0.560. The van der Waals surface area contributed by atoms with Gasteiger partial charge in [0, 0.05) is 30.8 Å². The van der Waals surface area contributed by atoms with Crippen molar-refractivity contribution >= 4 is 11.7 Å². The molecule has 2 aromatic carbocycles. The first kappa shape index (κ1) is 16.9. The fourth-order valence-electron chi connectivity index (χ4n) is 3.81. The summed E-state index contributed by atoms with van der Waals surface area (Å²) < 4.78 is 10.9. The number of carbonyl (C=O) groups excluding carboxylic acids is 1. The Kier molecular flexibility index (Phi) is 4.32. The van der Waals surface area contributed by atoms with Gasteiger partial charge in [0.05, 0.1) is 18.8 Å². The molecule has 2 heterocycles. The van der Waals surface area contributed by atoms with E-state index in [0.29, 0.717) is 18.5 Å². The average molecular weight is 353 g/mol. The van der Waals surface area contributed by atoms with Crippen molar-refractivity contribution in [2.45, 2.75) is 32.0 Å². The summed E-state index contributed by atoms with van der Waals surface area (Å²) in [6.07, 6.45) is 0.862. The van der Waals surface area contributed by atoms with Crippen molar-refractivity contribution in [2.24, 2.45) is 0 Å². The predicted octanol–water partition coefficient (Wildman–Crippen LogP) is 3.03. The van der Waals surface area contributed by atoms with E-state index < -0.39 is 0 Å². The van der Waals surface area contributed by atoms with Gasteiger partial charge in [-0.3, -0.25) is 0 Å². The number of β-amino-alcohol motifs (C(OH)–C–C–N with tert-alkyl or cyclic N) is 1. The van der Waals surface area contributed by atoms with E-state index in [4.69, 9.17) is 9.47 Å². The Morgan fingerprint density at radius 2 is 2.12 bits per heavy atom. The fourth-order valence-corrected chi connectivity index (χ4v) is 3.81. The van der Waals surface area contributed by atoms with Crippen LogP contribution in [0.1, 0.15) is 39.6 Å². The van der Waals surface area contributed by atoms with Gasteiger partial charge in [-0.1, -0.05) is 12.1 Å². The molecule has 0 saturated carbocycles. The molecule has 26 heavy (non-hydrogen) atoms. The Hall–Kier alpha value is -2.53. The normalized spacial score (nSPS) is 21.7. The van der Waals surface area contributed by atoms with Gasteiger partial charge in [0.1, 0.15) is 11.9 Å². The number of aliphatic hydroxyl groups excluding tert-OH is 1. The Morgan fingerprint density at radius 3 is 2.81 bits per heavy atom. The number of carbonyl (C=O) groups is 1. The van der Waals surface area contributed by atoms with Gasteiger partial charge in [0.25, 0.3) is 0 Å². The highest BCUT2D eigenvalue weighted by Gasteiger charge is 2.32. The minimum Gasteiger partial charge on any atom is -0.497 e. The summed E-state index contributed by atoms with van der Waals surface area (Å²) in [6, 6.07) is 11.9. The zero-order valence-corrected chi connectivity index (χ0v) is 15.1. The minimum absolute atomic E-state index is 0.261. The summed E-state index contributed by atoms with van der Waals surface area (Å²) in [6.45, 7) is 3.46. The maximum absolute atomic E-state index is 12.4. The van der Waals surface area contributed by atoms with Gasteiger partial charge < -0.3 is 19.5 Å². The van der Waals surface area contributed by atoms with Gasteiger partial charge in [0.2, 0.25) is 0 Å². The number of nitrogens with zero attached hydrogens (tertiary/aromatic N) is 1. The van der Waals surface area contributed by atoms with E-state index in [2.05, 4.69) is 4.90 Å². The van der Waals surface area contributed by atoms with Crippen molar-refractivity contribution in [3.05, 3.63) is 58.7 Å². The quantitative estimate of drug-likeness (QED) is 0.856. The Morgan fingerprint density at radius 1 is 1.27 bits per heavy atom. The van der Waals surface area contributed by atoms with Gasteiger partial charge in [0.15, 0.2) is 0 Å². The highest BCUT2D eigenvalue weighted by Crippen LogP contribution is 2.36. The van der Waals surface area contributed by atoms with Crippen molar-refractivity contribution in [1.29, 1.82) is 0 Å². The zero-order chi connectivity index (χ0) is 18.3. The first-order valence-electron chi connectivity index (χ1n) is 8.96. The van der Waals surface area contributed by atoms with Crippen LogP contribution in [0.25, 0.3) is 0 Å². The maximum Gasteiger partial charge on any atom is 0.339 e. The van der Waals surface area contributed by atoms with E-state index in [1.807, 2.05) is 43.3 Å². The largest absolute Gasteiger partial charge is 0.497 e. The number of esters is 1. The van der Waals surface area contributed by atoms with Crippen LogP contribution in [0.5, 0.6) is 5.75 Å². The van der Waals surface area contributed by atoms with Crippen LogP contribution in [0.3, 0.4) is 0 Å². The molecule has 0 bridgehead atoms. The Balaban J connectivity index is 1.57. The number of cyclic esters (lactones) is 1. The van der Waals surface area contributed by atoms with Crippen molar-refractivity contribution in [3.8, 4) is 5.75 Å². The second-order valence-electron chi connectivity index (χ2n) is 7.05. The molecule has 0 aliphatic carbocycles. The monoisotopic (exact) mass is 353 g/mol. The number of rotatable bonds is 4. The minimum atomic E-state index is -0.291. The number of hydrogen-bond donors (Lipinski definition) is 1. The maximum atomic E-state index is 12.4. The van der Waals surface area contributed by atoms with E-state index in [9.17, 15) is 9.90 Å². The van der Waals surface area contributed by atoms with Gasteiger partial charge in [-0.2, -0.15) is 0 Å². The molecule has 2 atom stereocenters. The number of benzene rings is 2. The molecule has 1 fully saturated rings. The highest BCUT2D eigenvalue weighted by atomic mass is 16.5. The first-order chi connectivity index (χ1) is 12.5. The van der Waals surface area contributed by atoms with Crippen molar-refractivity contribution in [2.75, 3.05) is 25.1 Å². The third-order valence-corrected chi connectivity index (χ3v) is 5.34. The number of fused-ring (bicyclic) bond motifs is 1. The van der Waals surface area contributed by atoms with Crippen molar-refractivity contribution < 1.29 is 19.4 Å². The van der Waals surface area contributed by atoms with Crippen molar-refractivity contribution in [3.63, 3.8) is 0 Å². The molecule has 4 rings (SSSR count). The van der Waals surface area contributed by atoms with Crippen LogP contribution in [0.2, 0.25) is 0 Å². The highest BCUT2D eigenvalue weighted by molar-refractivity contribution is 5.95. The van der Waals surface area contributed by atoms with E-state index in [-0.39, 0.29) is 18.2 Å². The van der Waals surface area contributed by atoms with Crippen LogP contribution in [0, 0.1) is 6.92 Å². The lowest BCUT2D eigenvalue weighted by molar-refractivity contribution is 0.0386. The van der Waals surface area contributed by atoms with Gasteiger partial charge >= 0.3 is 5.97 Å². The van der Waals surface area contributed by atoms with Gasteiger partial charge in [-0.25, -0.2) is 4.79 Å². The topological polar surface area (TPSA) is 59.0 Å². The number of hydrogen-bond acceptors (Lipinski definition) is 5. The molecule has 1 unspecified atom stereocenters. The summed E-state index contributed by atoms with van der Waals surface area (Å²) in [5, 5.41) is 9.73. The standard InChI is InChI=1S/C21H23NO4/c1-13-9-17(25-2)5-3-14(13)10-20-18-6-4-15(11-19(18)21(24)26-20)22-8-7-16(23)12-22/h3-6,9,11,16,20,23H,7-8,10,12H2,1-2H3/t16-,20?/m1/s1. The van der Waals surface area contributed by atoms with E-state index in [1.165, 1.54) is 0 Å². The molecule has 0 spiro atoms. The number of methoxy groups -OCH3 is 1. The molecular weight excluding hydrogens is 330 g/mol. The smallest absolute Gasteiger partial charge is 0.339 e. The molecule has 0 radical (unpaired) electrons. The lowest BCUT2D eigenvalue weighted by Crippen LogP contribution is -2.21. The van der Waals surface area contributed by atoms with Crippen LogP contribution >= 0.6 is 0 Å². The molecule has 0 amide bonds. The zero-order valence-electron chi connectivity index (χ0n) is 15.1. The summed E-state index contributed by atoms with van der Waals surface area (Å²) in [7, 11) is 1.65. The molecule has 0 aromatic heterocycles. The fraction of sp³-hybridized carbons (Fsp3) is 0.381. The van der Waals surface area contributed by atoms with Crippen LogP contribution in [0.15, 0.2) is 36.4 Å². The third kappa shape index (κ3) is 3.03. The lowest BCUT2D eigenvalue weighted by Gasteiger charge is -2.18. The molecule has 136 valence electrons. The number of anilines is 1.